The van der Waals surface area contributed by atoms with Crippen molar-refractivity contribution in [2.45, 2.75) is 11.8 Å². The SMILES string of the molecule is CCOC(=O)c1nc2c(S(C)(=O)=O)cccc2n1C. The van der Waals surface area contributed by atoms with Gasteiger partial charge in [0, 0.05) is 13.3 Å². The number of carbonyl (C=O) groups excluding carboxylic acids is 1. The summed E-state index contributed by atoms with van der Waals surface area (Å²) in [5.74, 6) is -0.478. The number of hydrogen-bond acceptors (Lipinski definition) is 5. The summed E-state index contributed by atoms with van der Waals surface area (Å²) in [6.45, 7) is 1.93. The van der Waals surface area contributed by atoms with Gasteiger partial charge in [-0.25, -0.2) is 18.2 Å². The molecule has 2 rings (SSSR count). The average Bonchev–Trinajstić information content (AvgIpc) is 2.66. The molecule has 1 aromatic carbocycles. The van der Waals surface area contributed by atoms with Crippen LogP contribution in [0.2, 0.25) is 0 Å². The lowest BCUT2D eigenvalue weighted by Gasteiger charge is -2.01. The predicted octanol–water partition coefficient (Wildman–Crippen LogP) is 1.15. The predicted molar refractivity (Wildman–Crippen MR) is 69.8 cm³/mol. The maximum absolute atomic E-state index is 11.7. The van der Waals surface area contributed by atoms with Crippen molar-refractivity contribution in [3.63, 3.8) is 0 Å². The van der Waals surface area contributed by atoms with Crippen molar-refractivity contribution in [1.82, 2.24) is 9.55 Å². The first-order valence-corrected chi connectivity index (χ1v) is 7.58. The van der Waals surface area contributed by atoms with Gasteiger partial charge in [-0.15, -0.1) is 0 Å². The number of aromatic nitrogens is 2. The number of nitrogens with zero attached hydrogens (tertiary/aromatic N) is 2. The molecule has 7 heteroatoms. The third-order valence-electron chi connectivity index (χ3n) is 2.73. The molecular formula is C12H14N2O4S. The van der Waals surface area contributed by atoms with Crippen LogP contribution in [0.1, 0.15) is 17.5 Å². The molecule has 1 heterocycles. The molecule has 0 aliphatic carbocycles. The van der Waals surface area contributed by atoms with E-state index < -0.39 is 15.8 Å². The summed E-state index contributed by atoms with van der Waals surface area (Å²) in [5, 5.41) is 0. The number of fused-ring (bicyclic) bond motifs is 1. The molecule has 1 aromatic heterocycles. The second-order valence-corrected chi connectivity index (χ2v) is 6.10. The maximum Gasteiger partial charge on any atom is 0.374 e. The Morgan fingerprint density at radius 3 is 2.68 bits per heavy atom. The molecule has 0 atom stereocenters. The lowest BCUT2D eigenvalue weighted by atomic mass is 10.3. The highest BCUT2D eigenvalue weighted by Crippen LogP contribution is 2.23. The third kappa shape index (κ3) is 2.33. The summed E-state index contributed by atoms with van der Waals surface area (Å²) in [4.78, 5) is 16.0. The minimum absolute atomic E-state index is 0.0907. The monoisotopic (exact) mass is 282 g/mol. The highest BCUT2D eigenvalue weighted by molar-refractivity contribution is 7.91. The number of rotatable bonds is 3. The van der Waals surface area contributed by atoms with E-state index in [-0.39, 0.29) is 22.8 Å². The molecule has 0 saturated heterocycles. The molecule has 102 valence electrons. The standard InChI is InChI=1S/C12H14N2O4S/c1-4-18-12(15)11-13-10-8(14(11)2)6-5-7-9(10)19(3,16)17/h5-7H,4H2,1-3H3. The van der Waals surface area contributed by atoms with E-state index in [1.165, 1.54) is 10.6 Å². The number of esters is 1. The quantitative estimate of drug-likeness (QED) is 0.789. The Kier molecular flexibility index (Phi) is 3.32. The first kappa shape index (κ1) is 13.5. The summed E-state index contributed by atoms with van der Waals surface area (Å²) in [7, 11) is -1.75. The van der Waals surface area contributed by atoms with Crippen LogP contribution >= 0.6 is 0 Å². The van der Waals surface area contributed by atoms with E-state index in [4.69, 9.17) is 4.74 Å². The Bertz CT molecular complexity index is 746. The highest BCUT2D eigenvalue weighted by Gasteiger charge is 2.21. The van der Waals surface area contributed by atoms with E-state index in [9.17, 15) is 13.2 Å². The van der Waals surface area contributed by atoms with Gasteiger partial charge >= 0.3 is 5.97 Å². The molecule has 0 spiro atoms. The zero-order valence-corrected chi connectivity index (χ0v) is 11.7. The van der Waals surface area contributed by atoms with Crippen LogP contribution in [-0.4, -0.2) is 36.8 Å². The van der Waals surface area contributed by atoms with Crippen LogP contribution < -0.4 is 0 Å². The number of benzene rings is 1. The summed E-state index contributed by atoms with van der Waals surface area (Å²) in [6, 6.07) is 4.80. The second kappa shape index (κ2) is 4.65. The Morgan fingerprint density at radius 2 is 2.11 bits per heavy atom. The van der Waals surface area contributed by atoms with Gasteiger partial charge in [0.05, 0.1) is 17.0 Å². The van der Waals surface area contributed by atoms with Crippen molar-refractivity contribution in [2.75, 3.05) is 12.9 Å². The van der Waals surface area contributed by atoms with Gasteiger partial charge in [-0.2, -0.15) is 0 Å². The molecule has 0 unspecified atom stereocenters. The molecule has 0 bridgehead atoms. The molecule has 2 aromatic rings. The molecule has 6 nitrogen and oxygen atoms in total. The van der Waals surface area contributed by atoms with Crippen LogP contribution in [0, 0.1) is 0 Å². The van der Waals surface area contributed by atoms with E-state index in [1.807, 2.05) is 0 Å². The third-order valence-corrected chi connectivity index (χ3v) is 3.86. The molecule has 0 radical (unpaired) electrons. The summed E-state index contributed by atoms with van der Waals surface area (Å²) in [5.41, 5.74) is 0.863. The highest BCUT2D eigenvalue weighted by atomic mass is 32.2. The lowest BCUT2D eigenvalue weighted by Crippen LogP contribution is -2.11. The maximum atomic E-state index is 11.7. The van der Waals surface area contributed by atoms with Crippen molar-refractivity contribution in [3.05, 3.63) is 24.0 Å². The van der Waals surface area contributed by atoms with E-state index in [2.05, 4.69) is 4.98 Å². The van der Waals surface area contributed by atoms with Crippen molar-refractivity contribution in [1.29, 1.82) is 0 Å². The molecule has 0 aliphatic heterocycles. The van der Waals surface area contributed by atoms with Crippen LogP contribution in [0.4, 0.5) is 0 Å². The first-order chi connectivity index (χ1) is 8.86. The topological polar surface area (TPSA) is 78.3 Å². The van der Waals surface area contributed by atoms with Gasteiger partial charge in [0.2, 0.25) is 5.82 Å². The number of sulfone groups is 1. The van der Waals surface area contributed by atoms with Gasteiger partial charge in [0.15, 0.2) is 9.84 Å². The number of hydrogen-bond donors (Lipinski definition) is 0. The normalized spacial score (nSPS) is 11.7. The van der Waals surface area contributed by atoms with E-state index in [0.29, 0.717) is 5.52 Å². The number of aryl methyl sites for hydroxylation is 1. The van der Waals surface area contributed by atoms with Crippen LogP contribution in [-0.2, 0) is 21.6 Å². The molecular weight excluding hydrogens is 268 g/mol. The fourth-order valence-corrected chi connectivity index (χ4v) is 2.69. The fourth-order valence-electron chi connectivity index (χ4n) is 1.87. The van der Waals surface area contributed by atoms with Crippen LogP contribution in [0.25, 0.3) is 11.0 Å². The van der Waals surface area contributed by atoms with Crippen LogP contribution in [0.3, 0.4) is 0 Å². The van der Waals surface area contributed by atoms with E-state index >= 15 is 0 Å². The number of para-hydroxylation sites is 1. The zero-order chi connectivity index (χ0) is 14.2. The second-order valence-electron chi connectivity index (χ2n) is 4.11. The van der Waals surface area contributed by atoms with Crippen molar-refractivity contribution in [3.8, 4) is 0 Å². The van der Waals surface area contributed by atoms with Gasteiger partial charge in [0.1, 0.15) is 5.52 Å². The smallest absolute Gasteiger partial charge is 0.374 e. The Hall–Kier alpha value is -1.89. The molecule has 19 heavy (non-hydrogen) atoms. The summed E-state index contributed by atoms with van der Waals surface area (Å²) >= 11 is 0. The van der Waals surface area contributed by atoms with Gasteiger partial charge in [-0.05, 0) is 19.1 Å². The molecule has 0 saturated carbocycles. The van der Waals surface area contributed by atoms with Gasteiger partial charge in [-0.1, -0.05) is 6.07 Å². The summed E-state index contributed by atoms with van der Waals surface area (Å²) < 4.78 is 29.8. The lowest BCUT2D eigenvalue weighted by molar-refractivity contribution is 0.0508. The Balaban J connectivity index is 2.73. The average molecular weight is 282 g/mol. The first-order valence-electron chi connectivity index (χ1n) is 5.69. The van der Waals surface area contributed by atoms with Crippen molar-refractivity contribution < 1.29 is 17.9 Å². The molecule has 0 aliphatic rings. The minimum atomic E-state index is -3.40. The molecule has 0 amide bonds. The van der Waals surface area contributed by atoms with Crippen LogP contribution in [0.15, 0.2) is 23.1 Å². The number of carbonyl (C=O) groups is 1. The largest absolute Gasteiger partial charge is 0.460 e. The zero-order valence-electron chi connectivity index (χ0n) is 10.9. The van der Waals surface area contributed by atoms with Crippen LogP contribution in [0.5, 0.6) is 0 Å². The number of ether oxygens (including phenoxy) is 1. The van der Waals surface area contributed by atoms with E-state index in [1.54, 1.807) is 26.1 Å². The summed E-state index contributed by atoms with van der Waals surface area (Å²) in [6.07, 6.45) is 1.11. The van der Waals surface area contributed by atoms with Crippen molar-refractivity contribution in [2.24, 2.45) is 7.05 Å². The van der Waals surface area contributed by atoms with Gasteiger partial charge < -0.3 is 9.30 Å². The van der Waals surface area contributed by atoms with Gasteiger partial charge in [0.25, 0.3) is 0 Å². The molecule has 0 N–H and O–H groups in total. The van der Waals surface area contributed by atoms with Crippen molar-refractivity contribution >= 4 is 26.8 Å². The Labute approximate surface area is 110 Å². The Morgan fingerprint density at radius 1 is 1.42 bits per heavy atom. The molecule has 0 fully saturated rings. The minimum Gasteiger partial charge on any atom is -0.460 e. The number of imidazole rings is 1. The van der Waals surface area contributed by atoms with Gasteiger partial charge in [-0.3, -0.25) is 0 Å². The van der Waals surface area contributed by atoms with E-state index in [0.717, 1.165) is 6.26 Å². The fraction of sp³-hybridized carbons (Fsp3) is 0.333.